The van der Waals surface area contributed by atoms with Crippen LogP contribution < -0.4 is 5.32 Å². The molecular weight excluding hydrogens is 262 g/mol. The third kappa shape index (κ3) is 4.31. The van der Waals surface area contributed by atoms with Crippen molar-refractivity contribution in [1.82, 2.24) is 5.32 Å². The first-order chi connectivity index (χ1) is 10.1. The summed E-state index contributed by atoms with van der Waals surface area (Å²) in [6.07, 6.45) is 4.11. The number of hydrogen-bond acceptors (Lipinski definition) is 3. The Bertz CT molecular complexity index is 472. The van der Waals surface area contributed by atoms with Gasteiger partial charge in [0.15, 0.2) is 0 Å². The van der Waals surface area contributed by atoms with Gasteiger partial charge in [0.2, 0.25) is 0 Å². The summed E-state index contributed by atoms with van der Waals surface area (Å²) in [5.41, 5.74) is 2.66. The number of ether oxygens (including phenoxy) is 1. The van der Waals surface area contributed by atoms with Crippen LogP contribution in [-0.2, 0) is 9.53 Å². The van der Waals surface area contributed by atoms with Gasteiger partial charge in [0.25, 0.3) is 0 Å². The lowest BCUT2D eigenvalue weighted by molar-refractivity contribution is -0.149. The molecule has 1 fully saturated rings. The van der Waals surface area contributed by atoms with E-state index in [-0.39, 0.29) is 11.9 Å². The summed E-state index contributed by atoms with van der Waals surface area (Å²) < 4.78 is 5.17. The van der Waals surface area contributed by atoms with Gasteiger partial charge in [-0.05, 0) is 51.2 Å². The van der Waals surface area contributed by atoms with E-state index < -0.39 is 0 Å². The topological polar surface area (TPSA) is 38.3 Å². The Kier molecular flexibility index (Phi) is 5.80. The summed E-state index contributed by atoms with van der Waals surface area (Å²) in [7, 11) is 0. The molecule has 2 unspecified atom stereocenters. The van der Waals surface area contributed by atoms with E-state index >= 15 is 0 Å². The number of carbonyl (C=O) groups is 1. The lowest BCUT2D eigenvalue weighted by atomic mass is 9.85. The van der Waals surface area contributed by atoms with Gasteiger partial charge >= 0.3 is 5.97 Å². The smallest absolute Gasteiger partial charge is 0.308 e. The van der Waals surface area contributed by atoms with Crippen LogP contribution >= 0.6 is 0 Å². The van der Waals surface area contributed by atoms with Crippen molar-refractivity contribution in [1.29, 1.82) is 0 Å². The number of hydrogen-bond donors (Lipinski definition) is 1. The van der Waals surface area contributed by atoms with Gasteiger partial charge in [0, 0.05) is 12.1 Å². The van der Waals surface area contributed by atoms with Gasteiger partial charge in [0.1, 0.15) is 0 Å². The van der Waals surface area contributed by atoms with E-state index in [1.165, 1.54) is 11.1 Å². The fourth-order valence-electron chi connectivity index (χ4n) is 3.33. The van der Waals surface area contributed by atoms with Crippen LogP contribution in [0.1, 0.15) is 56.7 Å². The molecule has 0 amide bonds. The second-order valence-corrected chi connectivity index (χ2v) is 6.06. The zero-order valence-corrected chi connectivity index (χ0v) is 13.4. The minimum Gasteiger partial charge on any atom is -0.466 e. The molecule has 1 N–H and O–H groups in total. The summed E-state index contributed by atoms with van der Waals surface area (Å²) in [5, 5.41) is 3.70. The van der Waals surface area contributed by atoms with Crippen molar-refractivity contribution in [2.45, 2.75) is 58.5 Å². The molecule has 0 bridgehead atoms. The Morgan fingerprint density at radius 2 is 2.14 bits per heavy atom. The molecule has 21 heavy (non-hydrogen) atoms. The molecule has 0 heterocycles. The van der Waals surface area contributed by atoms with Gasteiger partial charge in [-0.25, -0.2) is 0 Å². The number of rotatable bonds is 5. The summed E-state index contributed by atoms with van der Waals surface area (Å²) >= 11 is 0. The molecule has 0 aliphatic heterocycles. The zero-order chi connectivity index (χ0) is 15.2. The van der Waals surface area contributed by atoms with E-state index in [1.807, 2.05) is 6.92 Å². The van der Waals surface area contributed by atoms with Crippen molar-refractivity contribution < 1.29 is 9.53 Å². The van der Waals surface area contributed by atoms with Crippen molar-refractivity contribution >= 4 is 5.97 Å². The van der Waals surface area contributed by atoms with Crippen LogP contribution in [0.4, 0.5) is 0 Å². The van der Waals surface area contributed by atoms with Gasteiger partial charge < -0.3 is 10.1 Å². The van der Waals surface area contributed by atoms with Crippen molar-refractivity contribution in [3.05, 3.63) is 35.4 Å². The molecule has 1 aromatic rings. The Morgan fingerprint density at radius 3 is 2.86 bits per heavy atom. The normalized spacial score (nSPS) is 23.6. The second-order valence-electron chi connectivity index (χ2n) is 6.06. The van der Waals surface area contributed by atoms with Crippen LogP contribution in [-0.4, -0.2) is 18.6 Å². The van der Waals surface area contributed by atoms with Gasteiger partial charge in [-0.3, -0.25) is 4.79 Å². The maximum Gasteiger partial charge on any atom is 0.308 e. The molecule has 0 spiro atoms. The highest BCUT2D eigenvalue weighted by atomic mass is 16.5. The molecular formula is C18H27NO2. The average molecular weight is 289 g/mol. The number of carbonyl (C=O) groups excluding carboxylic acids is 1. The van der Waals surface area contributed by atoms with Crippen molar-refractivity contribution in [3.8, 4) is 0 Å². The average Bonchev–Trinajstić information content (AvgIpc) is 2.48. The lowest BCUT2D eigenvalue weighted by Gasteiger charge is -2.31. The molecule has 3 nitrogen and oxygen atoms in total. The SMILES string of the molecule is CCOC(=O)C1CCCC(N[C@@H](C)c2ccccc2C)C1. The highest BCUT2D eigenvalue weighted by Crippen LogP contribution is 2.27. The predicted octanol–water partition coefficient (Wildman–Crippen LogP) is 3.77. The van der Waals surface area contributed by atoms with Gasteiger partial charge in [-0.2, -0.15) is 0 Å². The molecule has 1 aromatic carbocycles. The highest BCUT2D eigenvalue weighted by Gasteiger charge is 2.29. The van der Waals surface area contributed by atoms with E-state index in [0.29, 0.717) is 18.7 Å². The maximum absolute atomic E-state index is 11.9. The molecule has 2 rings (SSSR count). The molecule has 116 valence electrons. The largest absolute Gasteiger partial charge is 0.466 e. The minimum atomic E-state index is -0.0208. The minimum absolute atomic E-state index is 0.0208. The van der Waals surface area contributed by atoms with E-state index in [4.69, 9.17) is 4.74 Å². The molecule has 0 saturated heterocycles. The number of esters is 1. The predicted molar refractivity (Wildman–Crippen MR) is 85.1 cm³/mol. The fourth-order valence-corrected chi connectivity index (χ4v) is 3.33. The first-order valence-electron chi connectivity index (χ1n) is 8.10. The first kappa shape index (κ1) is 16.0. The highest BCUT2D eigenvalue weighted by molar-refractivity contribution is 5.72. The van der Waals surface area contributed by atoms with E-state index in [2.05, 4.69) is 43.4 Å². The van der Waals surface area contributed by atoms with Crippen LogP contribution in [0.2, 0.25) is 0 Å². The van der Waals surface area contributed by atoms with Crippen LogP contribution in [0, 0.1) is 12.8 Å². The van der Waals surface area contributed by atoms with Crippen LogP contribution in [0.25, 0.3) is 0 Å². The van der Waals surface area contributed by atoms with Crippen LogP contribution in [0.5, 0.6) is 0 Å². The molecule has 3 atom stereocenters. The monoisotopic (exact) mass is 289 g/mol. The quantitative estimate of drug-likeness (QED) is 0.839. The van der Waals surface area contributed by atoms with E-state index in [9.17, 15) is 4.79 Å². The Hall–Kier alpha value is -1.35. The van der Waals surface area contributed by atoms with Gasteiger partial charge in [-0.15, -0.1) is 0 Å². The Morgan fingerprint density at radius 1 is 1.38 bits per heavy atom. The maximum atomic E-state index is 11.9. The van der Waals surface area contributed by atoms with Crippen molar-refractivity contribution in [3.63, 3.8) is 0 Å². The van der Waals surface area contributed by atoms with Crippen molar-refractivity contribution in [2.24, 2.45) is 5.92 Å². The van der Waals surface area contributed by atoms with Crippen molar-refractivity contribution in [2.75, 3.05) is 6.61 Å². The molecule has 0 radical (unpaired) electrons. The molecule has 1 saturated carbocycles. The summed E-state index contributed by atoms with van der Waals surface area (Å²) in [4.78, 5) is 11.9. The Balaban J connectivity index is 1.93. The Labute approximate surface area is 128 Å². The summed E-state index contributed by atoms with van der Waals surface area (Å²) in [6, 6.07) is 9.21. The van der Waals surface area contributed by atoms with Crippen LogP contribution in [0.15, 0.2) is 24.3 Å². The summed E-state index contributed by atoms with van der Waals surface area (Å²) in [6.45, 7) is 6.70. The third-order valence-corrected chi connectivity index (χ3v) is 4.43. The second kappa shape index (κ2) is 7.60. The first-order valence-corrected chi connectivity index (χ1v) is 8.10. The number of aryl methyl sites for hydroxylation is 1. The number of benzene rings is 1. The molecule has 0 aromatic heterocycles. The number of nitrogens with one attached hydrogen (secondary N) is 1. The van der Waals surface area contributed by atoms with Gasteiger partial charge in [0.05, 0.1) is 12.5 Å². The molecule has 3 heteroatoms. The zero-order valence-electron chi connectivity index (χ0n) is 13.4. The summed E-state index contributed by atoms with van der Waals surface area (Å²) in [5.74, 6) is 0.0489. The third-order valence-electron chi connectivity index (χ3n) is 4.43. The standard InChI is InChI=1S/C18H27NO2/c1-4-21-18(20)15-9-7-10-16(12-15)19-14(3)17-11-6-5-8-13(17)2/h5-6,8,11,14-16,19H,4,7,9-10,12H2,1-3H3/t14-,15?,16?/m0/s1. The molecule has 1 aliphatic rings. The van der Waals surface area contributed by atoms with Gasteiger partial charge in [-0.1, -0.05) is 30.7 Å². The molecule has 1 aliphatic carbocycles. The van der Waals surface area contributed by atoms with E-state index in [0.717, 1.165) is 25.7 Å². The van der Waals surface area contributed by atoms with Crippen LogP contribution in [0.3, 0.4) is 0 Å². The van der Waals surface area contributed by atoms with E-state index in [1.54, 1.807) is 0 Å². The lowest BCUT2D eigenvalue weighted by Crippen LogP contribution is -2.38. The fraction of sp³-hybridized carbons (Fsp3) is 0.611.